The molecule has 0 aliphatic carbocycles. The van der Waals surface area contributed by atoms with Gasteiger partial charge >= 0.3 is 5.69 Å². The highest BCUT2D eigenvalue weighted by molar-refractivity contribution is 5.75. The van der Waals surface area contributed by atoms with Gasteiger partial charge in [0, 0.05) is 36.9 Å². The van der Waals surface area contributed by atoms with Gasteiger partial charge in [-0.2, -0.15) is 0 Å². The van der Waals surface area contributed by atoms with Crippen molar-refractivity contribution in [1.29, 1.82) is 0 Å². The summed E-state index contributed by atoms with van der Waals surface area (Å²) < 4.78 is 0. The lowest BCUT2D eigenvalue weighted by Crippen LogP contribution is -2.30. The quantitative estimate of drug-likeness (QED) is 0.476. The van der Waals surface area contributed by atoms with Crippen molar-refractivity contribution in [2.45, 2.75) is 25.3 Å². The lowest BCUT2D eigenvalue weighted by atomic mass is 9.88. The van der Waals surface area contributed by atoms with Crippen molar-refractivity contribution in [2.24, 2.45) is 0 Å². The summed E-state index contributed by atoms with van der Waals surface area (Å²) in [6.07, 6.45) is 2.11. The van der Waals surface area contributed by atoms with Gasteiger partial charge in [-0.3, -0.25) is 0 Å². The molecule has 0 bridgehead atoms. The fourth-order valence-electron chi connectivity index (χ4n) is 4.93. The maximum atomic E-state index is 11.5. The van der Waals surface area contributed by atoms with Crippen LogP contribution in [0.25, 0.3) is 11.0 Å². The van der Waals surface area contributed by atoms with E-state index in [1.165, 1.54) is 33.6 Å². The number of imidazole rings is 1. The van der Waals surface area contributed by atoms with Crippen molar-refractivity contribution in [3.8, 4) is 0 Å². The molecule has 1 atom stereocenters. The van der Waals surface area contributed by atoms with Crippen molar-refractivity contribution in [2.75, 3.05) is 23.3 Å². The van der Waals surface area contributed by atoms with E-state index in [1.807, 2.05) is 6.07 Å². The summed E-state index contributed by atoms with van der Waals surface area (Å²) in [4.78, 5) is 19.7. The van der Waals surface area contributed by atoms with Gasteiger partial charge in [0.25, 0.3) is 0 Å². The van der Waals surface area contributed by atoms with Gasteiger partial charge in [0.1, 0.15) is 0 Å². The molecule has 0 spiro atoms. The molecule has 0 saturated heterocycles. The summed E-state index contributed by atoms with van der Waals surface area (Å²) in [5.41, 5.74) is 9.66. The number of hydrogen-bond acceptors (Lipinski definition) is 3. The van der Waals surface area contributed by atoms with E-state index in [1.54, 1.807) is 0 Å². The second kappa shape index (κ2) is 6.80. The third-order valence-electron chi connectivity index (χ3n) is 6.61. The first-order valence-electron chi connectivity index (χ1n) is 10.6. The summed E-state index contributed by atoms with van der Waals surface area (Å²) >= 11 is 0. The SMILES string of the molecule is O=c1[nH]c2ccc(C3CNc4cc(N5CCc6ccccc6C5)ccc4C3)cc2[nH]1. The maximum Gasteiger partial charge on any atom is 0.323 e. The number of anilines is 2. The van der Waals surface area contributed by atoms with Gasteiger partial charge in [-0.25, -0.2) is 4.79 Å². The Kier molecular flexibility index (Phi) is 3.94. The fourth-order valence-corrected chi connectivity index (χ4v) is 4.93. The second-order valence-electron chi connectivity index (χ2n) is 8.45. The third kappa shape index (κ3) is 2.98. The van der Waals surface area contributed by atoms with E-state index in [4.69, 9.17) is 0 Å². The molecule has 0 radical (unpaired) electrons. The molecule has 5 heteroatoms. The summed E-state index contributed by atoms with van der Waals surface area (Å²) in [5.74, 6) is 0.396. The molecule has 1 aromatic heterocycles. The average molecular weight is 396 g/mol. The van der Waals surface area contributed by atoms with Crippen molar-refractivity contribution in [3.63, 3.8) is 0 Å². The van der Waals surface area contributed by atoms with Crippen LogP contribution in [0, 0.1) is 0 Å². The molecule has 2 aliphatic heterocycles. The van der Waals surface area contributed by atoms with Crippen LogP contribution in [0.1, 0.15) is 28.2 Å². The van der Waals surface area contributed by atoms with Crippen LogP contribution in [0.15, 0.2) is 65.5 Å². The normalized spacial score (nSPS) is 18.0. The maximum absolute atomic E-state index is 11.5. The minimum Gasteiger partial charge on any atom is -0.384 e. The van der Waals surface area contributed by atoms with E-state index < -0.39 is 0 Å². The summed E-state index contributed by atoms with van der Waals surface area (Å²) in [7, 11) is 0. The molecule has 3 heterocycles. The summed E-state index contributed by atoms with van der Waals surface area (Å²) in [5, 5.41) is 3.66. The first-order valence-corrected chi connectivity index (χ1v) is 10.6. The van der Waals surface area contributed by atoms with Crippen LogP contribution in [-0.2, 0) is 19.4 Å². The summed E-state index contributed by atoms with van der Waals surface area (Å²) in [6, 6.07) is 21.9. The molecule has 0 saturated carbocycles. The Morgan fingerprint density at radius 1 is 0.867 bits per heavy atom. The molecular formula is C25H24N4O. The number of H-pyrrole nitrogens is 2. The zero-order chi connectivity index (χ0) is 20.1. The van der Waals surface area contributed by atoms with Gasteiger partial charge in [0.05, 0.1) is 11.0 Å². The van der Waals surface area contributed by atoms with Crippen LogP contribution in [0.2, 0.25) is 0 Å². The first-order chi connectivity index (χ1) is 14.7. The second-order valence-corrected chi connectivity index (χ2v) is 8.45. The number of benzene rings is 3. The number of fused-ring (bicyclic) bond motifs is 3. The van der Waals surface area contributed by atoms with Gasteiger partial charge in [-0.15, -0.1) is 0 Å². The largest absolute Gasteiger partial charge is 0.384 e. The molecule has 3 aromatic carbocycles. The van der Waals surface area contributed by atoms with Crippen LogP contribution in [0.3, 0.4) is 0 Å². The lowest BCUT2D eigenvalue weighted by molar-refractivity contribution is 0.693. The van der Waals surface area contributed by atoms with Gasteiger partial charge < -0.3 is 20.2 Å². The molecule has 2 aliphatic rings. The molecule has 4 aromatic rings. The fraction of sp³-hybridized carbons (Fsp3) is 0.240. The van der Waals surface area contributed by atoms with Crippen molar-refractivity contribution in [1.82, 2.24) is 9.97 Å². The number of hydrogen-bond donors (Lipinski definition) is 3. The Morgan fingerprint density at radius 3 is 2.67 bits per heavy atom. The van der Waals surface area contributed by atoms with E-state index in [9.17, 15) is 4.79 Å². The van der Waals surface area contributed by atoms with Crippen LogP contribution >= 0.6 is 0 Å². The average Bonchev–Trinajstić information content (AvgIpc) is 3.17. The number of aromatic nitrogens is 2. The van der Waals surface area contributed by atoms with E-state index in [-0.39, 0.29) is 5.69 Å². The standard InChI is InChI=1S/C25H24N4O/c30-25-27-22-8-6-17(12-24(22)28-25)20-11-18-5-7-21(13-23(18)26-14-20)29-10-9-16-3-1-2-4-19(16)15-29/h1-8,12-13,20,26H,9-11,14-15H2,(H2,27,28,30). The Labute approximate surface area is 174 Å². The lowest BCUT2D eigenvalue weighted by Gasteiger charge is -2.33. The van der Waals surface area contributed by atoms with Crippen LogP contribution in [0.5, 0.6) is 0 Å². The van der Waals surface area contributed by atoms with Gasteiger partial charge in [0.15, 0.2) is 0 Å². The van der Waals surface area contributed by atoms with Crippen LogP contribution in [-0.4, -0.2) is 23.1 Å². The highest BCUT2D eigenvalue weighted by Crippen LogP contribution is 2.35. The van der Waals surface area contributed by atoms with Gasteiger partial charge in [-0.1, -0.05) is 36.4 Å². The van der Waals surface area contributed by atoms with Gasteiger partial charge in [-0.05, 0) is 59.4 Å². The minimum atomic E-state index is -0.151. The predicted molar refractivity (Wildman–Crippen MR) is 121 cm³/mol. The number of rotatable bonds is 2. The Bertz CT molecular complexity index is 1300. The molecule has 30 heavy (non-hydrogen) atoms. The molecule has 1 unspecified atom stereocenters. The topological polar surface area (TPSA) is 63.9 Å². The Hall–Kier alpha value is -3.47. The molecule has 150 valence electrons. The van der Waals surface area contributed by atoms with Gasteiger partial charge in [0.2, 0.25) is 0 Å². The Balaban J connectivity index is 1.24. The molecule has 0 amide bonds. The highest BCUT2D eigenvalue weighted by atomic mass is 16.1. The first kappa shape index (κ1) is 17.4. The van der Waals surface area contributed by atoms with E-state index in [2.05, 4.69) is 74.8 Å². The zero-order valence-corrected chi connectivity index (χ0v) is 16.7. The van der Waals surface area contributed by atoms with Crippen LogP contribution < -0.4 is 15.9 Å². The Morgan fingerprint density at radius 2 is 1.73 bits per heavy atom. The molecule has 5 nitrogen and oxygen atoms in total. The van der Waals surface area contributed by atoms with Crippen molar-refractivity contribution < 1.29 is 0 Å². The minimum absolute atomic E-state index is 0.151. The monoisotopic (exact) mass is 396 g/mol. The number of nitrogens with zero attached hydrogens (tertiary/aromatic N) is 1. The molecular weight excluding hydrogens is 372 g/mol. The predicted octanol–water partition coefficient (Wildman–Crippen LogP) is 4.17. The summed E-state index contributed by atoms with van der Waals surface area (Å²) in [6.45, 7) is 2.94. The zero-order valence-electron chi connectivity index (χ0n) is 16.7. The van der Waals surface area contributed by atoms with Crippen LogP contribution in [0.4, 0.5) is 11.4 Å². The third-order valence-corrected chi connectivity index (χ3v) is 6.61. The number of aromatic amines is 2. The molecule has 0 fully saturated rings. The van der Waals surface area contributed by atoms with Crippen molar-refractivity contribution in [3.05, 3.63) is 93.4 Å². The van der Waals surface area contributed by atoms with E-state index >= 15 is 0 Å². The molecule has 3 N–H and O–H groups in total. The smallest absolute Gasteiger partial charge is 0.323 e. The number of nitrogens with one attached hydrogen (secondary N) is 3. The highest BCUT2D eigenvalue weighted by Gasteiger charge is 2.22. The van der Waals surface area contributed by atoms with Crippen molar-refractivity contribution >= 4 is 22.4 Å². The van der Waals surface area contributed by atoms with E-state index in [0.29, 0.717) is 5.92 Å². The van der Waals surface area contributed by atoms with E-state index in [0.717, 1.165) is 43.5 Å². The molecule has 6 rings (SSSR count).